The van der Waals surface area contributed by atoms with Gasteiger partial charge in [0, 0.05) is 23.5 Å². The Morgan fingerprint density at radius 2 is 1.89 bits per heavy atom. The van der Waals surface area contributed by atoms with Crippen LogP contribution in [0, 0.1) is 0 Å². The maximum absolute atomic E-state index is 12.2. The predicted octanol–water partition coefficient (Wildman–Crippen LogP) is 3.37. The zero-order valence-electron chi connectivity index (χ0n) is 15.2. The molecule has 2 aromatic carbocycles. The molecule has 0 aliphatic carbocycles. The summed E-state index contributed by atoms with van der Waals surface area (Å²) < 4.78 is 12.4. The Kier molecular flexibility index (Phi) is 5.66. The van der Waals surface area contributed by atoms with E-state index >= 15 is 0 Å². The SMILES string of the molecule is COc1ccc(C(C)=O)cc1CC(=O)OCc1ccc(-n2cccn2)cc1. The summed E-state index contributed by atoms with van der Waals surface area (Å²) in [6.45, 7) is 1.66. The van der Waals surface area contributed by atoms with Crippen LogP contribution in [0.1, 0.15) is 28.4 Å². The Bertz CT molecular complexity index is 931. The number of carbonyl (C=O) groups excluding carboxylic acids is 2. The molecule has 27 heavy (non-hydrogen) atoms. The summed E-state index contributed by atoms with van der Waals surface area (Å²) >= 11 is 0. The highest BCUT2D eigenvalue weighted by atomic mass is 16.5. The molecule has 0 amide bonds. The average Bonchev–Trinajstić information content (AvgIpc) is 3.21. The Morgan fingerprint density at radius 3 is 2.52 bits per heavy atom. The van der Waals surface area contributed by atoms with Crippen molar-refractivity contribution >= 4 is 11.8 Å². The lowest BCUT2D eigenvalue weighted by atomic mass is 10.0. The molecule has 0 aliphatic heterocycles. The maximum Gasteiger partial charge on any atom is 0.310 e. The first-order chi connectivity index (χ1) is 13.1. The van der Waals surface area contributed by atoms with Crippen molar-refractivity contribution in [1.29, 1.82) is 0 Å². The predicted molar refractivity (Wildman–Crippen MR) is 100 cm³/mol. The quantitative estimate of drug-likeness (QED) is 0.475. The minimum absolute atomic E-state index is 0.0374. The minimum Gasteiger partial charge on any atom is -0.496 e. The minimum atomic E-state index is -0.384. The molecule has 0 saturated heterocycles. The second-order valence-corrected chi connectivity index (χ2v) is 6.04. The second kappa shape index (κ2) is 8.31. The van der Waals surface area contributed by atoms with Crippen LogP contribution in [-0.4, -0.2) is 28.6 Å². The molecule has 0 spiro atoms. The fraction of sp³-hybridized carbons (Fsp3) is 0.190. The topological polar surface area (TPSA) is 70.4 Å². The third-order valence-corrected chi connectivity index (χ3v) is 4.13. The number of methoxy groups -OCH3 is 1. The van der Waals surface area contributed by atoms with E-state index in [1.807, 2.05) is 36.5 Å². The lowest BCUT2D eigenvalue weighted by Gasteiger charge is -2.10. The van der Waals surface area contributed by atoms with Crippen molar-refractivity contribution < 1.29 is 19.1 Å². The van der Waals surface area contributed by atoms with Crippen LogP contribution < -0.4 is 4.74 Å². The van der Waals surface area contributed by atoms with Gasteiger partial charge in [0.25, 0.3) is 0 Å². The van der Waals surface area contributed by atoms with Crippen LogP contribution in [-0.2, 0) is 22.6 Å². The molecule has 6 heteroatoms. The van der Waals surface area contributed by atoms with Gasteiger partial charge in [-0.15, -0.1) is 0 Å². The molecule has 0 bridgehead atoms. The molecule has 0 unspecified atom stereocenters. The number of aromatic nitrogens is 2. The van der Waals surface area contributed by atoms with Crippen LogP contribution in [0.5, 0.6) is 5.75 Å². The van der Waals surface area contributed by atoms with Gasteiger partial charge in [-0.25, -0.2) is 4.68 Å². The summed E-state index contributed by atoms with van der Waals surface area (Å²) in [4.78, 5) is 23.8. The van der Waals surface area contributed by atoms with E-state index in [1.54, 1.807) is 29.1 Å². The first kappa shape index (κ1) is 18.4. The zero-order chi connectivity index (χ0) is 19.2. The monoisotopic (exact) mass is 364 g/mol. The number of Topliss-reactive ketones (excluding diaryl/α,β-unsaturated/α-hetero) is 1. The largest absolute Gasteiger partial charge is 0.496 e. The normalized spacial score (nSPS) is 10.4. The van der Waals surface area contributed by atoms with E-state index < -0.39 is 0 Å². The Morgan fingerprint density at radius 1 is 1.11 bits per heavy atom. The number of rotatable bonds is 7. The van der Waals surface area contributed by atoms with Crippen molar-refractivity contribution in [3.05, 3.63) is 77.6 Å². The number of esters is 1. The van der Waals surface area contributed by atoms with Gasteiger partial charge < -0.3 is 9.47 Å². The summed E-state index contributed by atoms with van der Waals surface area (Å²) in [6.07, 6.45) is 3.61. The molecule has 0 radical (unpaired) electrons. The van der Waals surface area contributed by atoms with Crippen molar-refractivity contribution in [1.82, 2.24) is 9.78 Å². The second-order valence-electron chi connectivity index (χ2n) is 6.04. The Hall–Kier alpha value is -3.41. The lowest BCUT2D eigenvalue weighted by Crippen LogP contribution is -2.10. The van der Waals surface area contributed by atoms with Gasteiger partial charge in [-0.3, -0.25) is 9.59 Å². The third-order valence-electron chi connectivity index (χ3n) is 4.13. The van der Waals surface area contributed by atoms with Gasteiger partial charge >= 0.3 is 5.97 Å². The highest BCUT2D eigenvalue weighted by Gasteiger charge is 2.12. The van der Waals surface area contributed by atoms with Crippen molar-refractivity contribution in [2.24, 2.45) is 0 Å². The van der Waals surface area contributed by atoms with Crippen molar-refractivity contribution in [3.8, 4) is 11.4 Å². The fourth-order valence-electron chi connectivity index (χ4n) is 2.67. The van der Waals surface area contributed by atoms with Gasteiger partial charge in [0.2, 0.25) is 0 Å². The molecule has 3 rings (SSSR count). The van der Waals surface area contributed by atoms with Crippen LogP contribution in [0.4, 0.5) is 0 Å². The molecule has 1 heterocycles. The van der Waals surface area contributed by atoms with Crippen molar-refractivity contribution in [3.63, 3.8) is 0 Å². The zero-order valence-corrected chi connectivity index (χ0v) is 15.2. The third kappa shape index (κ3) is 4.61. The standard InChI is InChI=1S/C21H20N2O4/c1-15(24)17-6-9-20(26-2)18(12-17)13-21(25)27-14-16-4-7-19(8-5-16)23-11-3-10-22-23/h3-12H,13-14H2,1-2H3. The smallest absolute Gasteiger partial charge is 0.310 e. The number of benzene rings is 2. The fourth-order valence-corrected chi connectivity index (χ4v) is 2.67. The van der Waals surface area contributed by atoms with E-state index in [9.17, 15) is 9.59 Å². The molecule has 0 saturated carbocycles. The molecular formula is C21H20N2O4. The molecule has 138 valence electrons. The summed E-state index contributed by atoms with van der Waals surface area (Å²) in [7, 11) is 1.53. The Labute approximate surface area is 157 Å². The molecule has 0 aliphatic rings. The highest BCUT2D eigenvalue weighted by Crippen LogP contribution is 2.21. The van der Waals surface area contributed by atoms with Gasteiger partial charge in [0.15, 0.2) is 5.78 Å². The molecule has 1 aromatic heterocycles. The number of nitrogens with zero attached hydrogens (tertiary/aromatic N) is 2. The number of hydrogen-bond acceptors (Lipinski definition) is 5. The van der Waals surface area contributed by atoms with Crippen LogP contribution in [0.2, 0.25) is 0 Å². The number of hydrogen-bond donors (Lipinski definition) is 0. The molecule has 3 aromatic rings. The van der Waals surface area contributed by atoms with E-state index in [4.69, 9.17) is 9.47 Å². The van der Waals surface area contributed by atoms with Crippen molar-refractivity contribution in [2.45, 2.75) is 20.0 Å². The summed E-state index contributed by atoms with van der Waals surface area (Å²) in [5, 5.41) is 4.17. The van der Waals surface area contributed by atoms with Crippen LogP contribution in [0.25, 0.3) is 5.69 Å². The molecule has 0 fully saturated rings. The molecule has 6 nitrogen and oxygen atoms in total. The van der Waals surface area contributed by atoms with Gasteiger partial charge in [-0.05, 0) is 48.9 Å². The first-order valence-corrected chi connectivity index (χ1v) is 8.49. The van der Waals surface area contributed by atoms with E-state index in [0.29, 0.717) is 16.9 Å². The van der Waals surface area contributed by atoms with E-state index in [2.05, 4.69) is 5.10 Å². The van der Waals surface area contributed by atoms with Crippen LogP contribution in [0.3, 0.4) is 0 Å². The van der Waals surface area contributed by atoms with Crippen LogP contribution >= 0.6 is 0 Å². The molecule has 0 atom stereocenters. The average molecular weight is 364 g/mol. The Balaban J connectivity index is 1.61. The van der Waals surface area contributed by atoms with Crippen molar-refractivity contribution in [2.75, 3.05) is 7.11 Å². The first-order valence-electron chi connectivity index (χ1n) is 8.49. The highest BCUT2D eigenvalue weighted by molar-refractivity contribution is 5.94. The lowest BCUT2D eigenvalue weighted by molar-refractivity contribution is -0.144. The maximum atomic E-state index is 12.2. The number of carbonyl (C=O) groups is 2. The number of ether oxygens (including phenoxy) is 2. The van der Waals surface area contributed by atoms with Crippen LogP contribution in [0.15, 0.2) is 60.9 Å². The molecule has 0 N–H and O–H groups in total. The van der Waals surface area contributed by atoms with Gasteiger partial charge in [-0.1, -0.05) is 12.1 Å². The summed E-state index contributed by atoms with van der Waals surface area (Å²) in [5.41, 5.74) is 2.97. The van der Waals surface area contributed by atoms with Gasteiger partial charge in [-0.2, -0.15) is 5.10 Å². The molecular weight excluding hydrogens is 344 g/mol. The van der Waals surface area contributed by atoms with E-state index in [-0.39, 0.29) is 24.8 Å². The van der Waals surface area contributed by atoms with Gasteiger partial charge in [0.05, 0.1) is 19.2 Å². The van der Waals surface area contributed by atoms with E-state index in [0.717, 1.165) is 11.3 Å². The summed E-state index contributed by atoms with van der Waals surface area (Å²) in [5.74, 6) is 0.107. The van der Waals surface area contributed by atoms with Gasteiger partial charge in [0.1, 0.15) is 12.4 Å². The van der Waals surface area contributed by atoms with E-state index in [1.165, 1.54) is 14.0 Å². The summed E-state index contributed by atoms with van der Waals surface area (Å²) in [6, 6.07) is 14.5. The number of ketones is 1.